The van der Waals surface area contributed by atoms with Crippen molar-refractivity contribution in [3.63, 3.8) is 0 Å². The average Bonchev–Trinajstić information content (AvgIpc) is 2.52. The lowest BCUT2D eigenvalue weighted by atomic mass is 9.92. The normalized spacial score (nSPS) is 12.5. The number of hydrogen-bond acceptors (Lipinski definition) is 3. The molecule has 0 saturated carbocycles. The second-order valence-electron chi connectivity index (χ2n) is 3.63. The summed E-state index contributed by atoms with van der Waals surface area (Å²) in [5.74, 6) is 0.144. The monoisotopic (exact) mass is 191 g/mol. The lowest BCUT2D eigenvalue weighted by Gasteiger charge is -2.08. The summed E-state index contributed by atoms with van der Waals surface area (Å²) < 4.78 is 5.18. The largest absolute Gasteiger partial charge is 0.458 e. The van der Waals surface area contributed by atoms with Crippen LogP contribution in [0.25, 0.3) is 0 Å². The van der Waals surface area contributed by atoms with Gasteiger partial charge in [0.1, 0.15) is 11.7 Å². The summed E-state index contributed by atoms with van der Waals surface area (Å²) in [5, 5.41) is 8.82. The Morgan fingerprint density at radius 2 is 2.14 bits per heavy atom. The molecule has 1 aromatic heterocycles. The zero-order valence-corrected chi connectivity index (χ0v) is 8.57. The summed E-state index contributed by atoms with van der Waals surface area (Å²) in [4.78, 5) is 11.7. The summed E-state index contributed by atoms with van der Waals surface area (Å²) in [6.07, 6.45) is 0. The third-order valence-corrected chi connectivity index (χ3v) is 2.07. The molecule has 0 saturated heterocycles. The fourth-order valence-corrected chi connectivity index (χ4v) is 1.23. The molecule has 3 nitrogen and oxygen atoms in total. The highest BCUT2D eigenvalue weighted by Gasteiger charge is 2.25. The number of Topliss-reactive ketones (excluding diaryl/α,β-unsaturated/α-hetero) is 1. The van der Waals surface area contributed by atoms with E-state index in [1.54, 1.807) is 19.1 Å². The molecule has 0 fully saturated rings. The van der Waals surface area contributed by atoms with Gasteiger partial charge < -0.3 is 4.42 Å². The number of nitriles is 1. The highest BCUT2D eigenvalue weighted by atomic mass is 16.3. The van der Waals surface area contributed by atoms with Gasteiger partial charge in [0.25, 0.3) is 0 Å². The molecule has 1 aromatic rings. The Morgan fingerprint density at radius 1 is 1.50 bits per heavy atom. The first-order valence-corrected chi connectivity index (χ1v) is 4.56. The number of ketones is 1. The first-order valence-electron chi connectivity index (χ1n) is 4.56. The van der Waals surface area contributed by atoms with E-state index in [2.05, 4.69) is 0 Å². The second kappa shape index (κ2) is 4.10. The van der Waals surface area contributed by atoms with E-state index < -0.39 is 5.92 Å². The van der Waals surface area contributed by atoms with Crippen LogP contribution in [-0.4, -0.2) is 5.78 Å². The van der Waals surface area contributed by atoms with Crippen LogP contribution in [0.2, 0.25) is 0 Å². The van der Waals surface area contributed by atoms with Gasteiger partial charge in [0.15, 0.2) is 5.76 Å². The van der Waals surface area contributed by atoms with E-state index >= 15 is 0 Å². The van der Waals surface area contributed by atoms with Crippen LogP contribution >= 0.6 is 0 Å². The van der Waals surface area contributed by atoms with Gasteiger partial charge in [0.05, 0.1) is 6.07 Å². The molecule has 3 heteroatoms. The highest BCUT2D eigenvalue weighted by molar-refractivity contribution is 5.97. The molecule has 1 unspecified atom stereocenters. The summed E-state index contributed by atoms with van der Waals surface area (Å²) >= 11 is 0. The van der Waals surface area contributed by atoms with E-state index in [0.717, 1.165) is 0 Å². The Morgan fingerprint density at radius 3 is 2.50 bits per heavy atom. The number of carbonyl (C=O) groups excluding carboxylic acids is 1. The standard InChI is InChI=1S/C11H13NO2/c1-7(2)9(6-12)11(13)10-5-4-8(3)14-10/h4-5,7,9H,1-3H3. The first kappa shape index (κ1) is 10.5. The van der Waals surface area contributed by atoms with Crippen LogP contribution < -0.4 is 0 Å². The van der Waals surface area contributed by atoms with E-state index in [1.807, 2.05) is 19.9 Å². The van der Waals surface area contributed by atoms with Crippen molar-refractivity contribution in [2.75, 3.05) is 0 Å². The van der Waals surface area contributed by atoms with Crippen molar-refractivity contribution >= 4 is 5.78 Å². The van der Waals surface area contributed by atoms with Gasteiger partial charge in [-0.15, -0.1) is 0 Å². The van der Waals surface area contributed by atoms with Crippen LogP contribution in [0.15, 0.2) is 16.5 Å². The van der Waals surface area contributed by atoms with Crippen molar-refractivity contribution in [1.29, 1.82) is 5.26 Å². The topological polar surface area (TPSA) is 54.0 Å². The molecule has 0 spiro atoms. The van der Waals surface area contributed by atoms with E-state index in [9.17, 15) is 4.79 Å². The highest BCUT2D eigenvalue weighted by Crippen LogP contribution is 2.18. The summed E-state index contributed by atoms with van der Waals surface area (Å²) in [6, 6.07) is 5.34. The van der Waals surface area contributed by atoms with Crippen LogP contribution in [0.3, 0.4) is 0 Å². The quantitative estimate of drug-likeness (QED) is 0.690. The fraction of sp³-hybridized carbons (Fsp3) is 0.455. The van der Waals surface area contributed by atoms with Gasteiger partial charge in [-0.25, -0.2) is 0 Å². The smallest absolute Gasteiger partial charge is 0.215 e. The molecule has 1 rings (SSSR count). The van der Waals surface area contributed by atoms with Crippen molar-refractivity contribution in [1.82, 2.24) is 0 Å². The molecular formula is C11H13NO2. The Labute approximate surface area is 83.3 Å². The Bertz CT molecular complexity index is 371. The second-order valence-corrected chi connectivity index (χ2v) is 3.63. The van der Waals surface area contributed by atoms with Gasteiger partial charge in [0.2, 0.25) is 5.78 Å². The van der Waals surface area contributed by atoms with Gasteiger partial charge in [-0.2, -0.15) is 5.26 Å². The number of aryl methyl sites for hydroxylation is 1. The summed E-state index contributed by atoms with van der Waals surface area (Å²) in [5.41, 5.74) is 0. The molecule has 0 aromatic carbocycles. The predicted octanol–water partition coefficient (Wildman–Crippen LogP) is 2.57. The molecule has 0 bridgehead atoms. The summed E-state index contributed by atoms with van der Waals surface area (Å²) in [7, 11) is 0. The minimum atomic E-state index is -0.611. The Hall–Kier alpha value is -1.56. The zero-order valence-electron chi connectivity index (χ0n) is 8.57. The Kier molecular flexibility index (Phi) is 3.08. The molecule has 0 radical (unpaired) electrons. The predicted molar refractivity (Wildman–Crippen MR) is 51.7 cm³/mol. The number of nitrogens with zero attached hydrogens (tertiary/aromatic N) is 1. The molecule has 1 atom stereocenters. The zero-order chi connectivity index (χ0) is 10.7. The molecule has 74 valence electrons. The van der Waals surface area contributed by atoms with E-state index in [0.29, 0.717) is 5.76 Å². The van der Waals surface area contributed by atoms with Crippen LogP contribution in [0, 0.1) is 30.1 Å². The molecular weight excluding hydrogens is 178 g/mol. The number of furan rings is 1. The van der Waals surface area contributed by atoms with Gasteiger partial charge in [-0.05, 0) is 25.0 Å². The van der Waals surface area contributed by atoms with Crippen LogP contribution in [0.1, 0.15) is 30.2 Å². The minimum Gasteiger partial charge on any atom is -0.458 e. The number of carbonyl (C=O) groups is 1. The van der Waals surface area contributed by atoms with Crippen LogP contribution in [0.4, 0.5) is 0 Å². The molecule has 1 heterocycles. The molecule has 0 amide bonds. The lowest BCUT2D eigenvalue weighted by molar-refractivity contribution is 0.0895. The third kappa shape index (κ3) is 2.02. The van der Waals surface area contributed by atoms with E-state index in [4.69, 9.17) is 9.68 Å². The van der Waals surface area contributed by atoms with Crippen molar-refractivity contribution in [3.8, 4) is 6.07 Å². The minimum absolute atomic E-state index is 0.0120. The maximum atomic E-state index is 11.7. The van der Waals surface area contributed by atoms with Crippen molar-refractivity contribution in [3.05, 3.63) is 23.7 Å². The SMILES string of the molecule is Cc1ccc(C(=O)C(C#N)C(C)C)o1. The Balaban J connectivity index is 2.90. The van der Waals surface area contributed by atoms with E-state index in [1.165, 1.54) is 0 Å². The number of rotatable bonds is 3. The van der Waals surface area contributed by atoms with Gasteiger partial charge in [-0.3, -0.25) is 4.79 Å². The van der Waals surface area contributed by atoms with Crippen molar-refractivity contribution < 1.29 is 9.21 Å². The van der Waals surface area contributed by atoms with Crippen LogP contribution in [0.5, 0.6) is 0 Å². The molecule has 0 N–H and O–H groups in total. The maximum absolute atomic E-state index is 11.7. The van der Waals surface area contributed by atoms with E-state index in [-0.39, 0.29) is 17.5 Å². The van der Waals surface area contributed by atoms with Gasteiger partial charge >= 0.3 is 0 Å². The lowest BCUT2D eigenvalue weighted by Crippen LogP contribution is -2.18. The molecule has 0 aliphatic rings. The summed E-state index contributed by atoms with van der Waals surface area (Å²) in [6.45, 7) is 5.47. The molecule has 0 aliphatic carbocycles. The average molecular weight is 191 g/mol. The number of hydrogen-bond donors (Lipinski definition) is 0. The van der Waals surface area contributed by atoms with Crippen LogP contribution in [-0.2, 0) is 0 Å². The maximum Gasteiger partial charge on any atom is 0.215 e. The third-order valence-electron chi connectivity index (χ3n) is 2.07. The van der Waals surface area contributed by atoms with Gasteiger partial charge in [0, 0.05) is 0 Å². The van der Waals surface area contributed by atoms with Crippen molar-refractivity contribution in [2.45, 2.75) is 20.8 Å². The van der Waals surface area contributed by atoms with Crippen molar-refractivity contribution in [2.24, 2.45) is 11.8 Å². The fourth-order valence-electron chi connectivity index (χ4n) is 1.23. The first-order chi connectivity index (χ1) is 6.56. The molecule has 14 heavy (non-hydrogen) atoms. The van der Waals surface area contributed by atoms with Gasteiger partial charge in [-0.1, -0.05) is 13.8 Å². The molecule has 0 aliphatic heterocycles.